The Bertz CT molecular complexity index is 782. The summed E-state index contributed by atoms with van der Waals surface area (Å²) >= 11 is 1.59. The third-order valence-corrected chi connectivity index (χ3v) is 4.23. The fraction of sp³-hybridized carbons (Fsp3) is 0.0714. The molecule has 0 radical (unpaired) electrons. The molecule has 1 aliphatic rings. The summed E-state index contributed by atoms with van der Waals surface area (Å²) in [6.45, 7) is 0.283. The zero-order valence-electron chi connectivity index (χ0n) is 9.92. The lowest BCUT2D eigenvalue weighted by atomic mass is 10.2. The van der Waals surface area contributed by atoms with Gasteiger partial charge in [0.25, 0.3) is 0 Å². The topological polar surface area (TPSA) is 57.4 Å². The van der Waals surface area contributed by atoms with E-state index in [2.05, 4.69) is 4.98 Å². The van der Waals surface area contributed by atoms with Crippen molar-refractivity contribution in [2.45, 2.75) is 0 Å². The van der Waals surface area contributed by atoms with Crippen LogP contribution in [0.15, 0.2) is 36.4 Å². The van der Waals surface area contributed by atoms with Gasteiger partial charge in [-0.3, -0.25) is 0 Å². The number of hydrogen-bond acceptors (Lipinski definition) is 5. The van der Waals surface area contributed by atoms with Gasteiger partial charge in [-0.1, -0.05) is 6.07 Å². The number of nitrogens with two attached hydrogens (primary N) is 1. The SMILES string of the molecule is Nc1cccc2nc(-c3ccc4c(c3)OCO4)sc12. The fourth-order valence-electron chi connectivity index (χ4n) is 2.12. The van der Waals surface area contributed by atoms with Gasteiger partial charge in [-0.25, -0.2) is 4.98 Å². The standard InChI is InChI=1S/C14H10N2O2S/c15-9-2-1-3-10-13(9)19-14(16-10)8-4-5-11-12(6-8)18-7-17-11/h1-6H,7,15H2. The number of nitrogens with zero attached hydrogens (tertiary/aromatic N) is 1. The summed E-state index contributed by atoms with van der Waals surface area (Å²) in [6.07, 6.45) is 0. The summed E-state index contributed by atoms with van der Waals surface area (Å²) in [4.78, 5) is 4.61. The van der Waals surface area contributed by atoms with Crippen LogP contribution in [0.5, 0.6) is 11.5 Å². The summed E-state index contributed by atoms with van der Waals surface area (Å²) in [5, 5.41) is 0.936. The molecule has 1 aliphatic heterocycles. The lowest BCUT2D eigenvalue weighted by Crippen LogP contribution is -1.92. The molecule has 0 unspecified atom stereocenters. The van der Waals surface area contributed by atoms with Crippen molar-refractivity contribution in [2.75, 3.05) is 12.5 Å². The van der Waals surface area contributed by atoms with Gasteiger partial charge in [-0.15, -0.1) is 11.3 Å². The lowest BCUT2D eigenvalue weighted by Gasteiger charge is -1.98. The van der Waals surface area contributed by atoms with Crippen LogP contribution in [0.3, 0.4) is 0 Å². The van der Waals surface area contributed by atoms with Crippen LogP contribution in [0.1, 0.15) is 0 Å². The van der Waals surface area contributed by atoms with Gasteiger partial charge in [0.05, 0.1) is 15.9 Å². The van der Waals surface area contributed by atoms with E-state index in [4.69, 9.17) is 15.2 Å². The molecule has 0 aliphatic carbocycles. The van der Waals surface area contributed by atoms with E-state index in [1.165, 1.54) is 0 Å². The molecule has 0 spiro atoms. The first-order chi connectivity index (χ1) is 9.31. The van der Waals surface area contributed by atoms with E-state index in [-0.39, 0.29) is 6.79 Å². The number of thiazole rings is 1. The van der Waals surface area contributed by atoms with Crippen molar-refractivity contribution >= 4 is 27.2 Å². The highest BCUT2D eigenvalue weighted by Gasteiger charge is 2.15. The molecule has 0 atom stereocenters. The molecule has 3 aromatic rings. The number of nitrogen functional groups attached to an aromatic ring is 1. The molecule has 1 aromatic heterocycles. The second-order valence-corrected chi connectivity index (χ2v) is 5.28. The molecule has 19 heavy (non-hydrogen) atoms. The number of benzene rings is 2. The highest BCUT2D eigenvalue weighted by molar-refractivity contribution is 7.22. The first-order valence-electron chi connectivity index (χ1n) is 5.86. The first-order valence-corrected chi connectivity index (χ1v) is 6.68. The average Bonchev–Trinajstić information content (AvgIpc) is 3.04. The Balaban J connectivity index is 1.88. The maximum Gasteiger partial charge on any atom is 0.231 e. The van der Waals surface area contributed by atoms with Gasteiger partial charge in [0, 0.05) is 5.56 Å². The van der Waals surface area contributed by atoms with Crippen molar-refractivity contribution in [1.82, 2.24) is 4.98 Å². The molecule has 2 N–H and O–H groups in total. The minimum absolute atomic E-state index is 0.283. The number of fused-ring (bicyclic) bond motifs is 2. The molecule has 2 aromatic carbocycles. The molecule has 0 saturated carbocycles. The zero-order chi connectivity index (χ0) is 12.8. The van der Waals surface area contributed by atoms with Gasteiger partial charge >= 0.3 is 0 Å². The molecular formula is C14H10N2O2S. The number of hydrogen-bond donors (Lipinski definition) is 1. The van der Waals surface area contributed by atoms with E-state index < -0.39 is 0 Å². The zero-order valence-corrected chi connectivity index (χ0v) is 10.7. The van der Waals surface area contributed by atoms with E-state index >= 15 is 0 Å². The highest BCUT2D eigenvalue weighted by Crippen LogP contribution is 2.39. The van der Waals surface area contributed by atoms with Crippen molar-refractivity contribution in [3.8, 4) is 22.1 Å². The van der Waals surface area contributed by atoms with Crippen LogP contribution in [-0.2, 0) is 0 Å². The van der Waals surface area contributed by atoms with Crippen LogP contribution in [-0.4, -0.2) is 11.8 Å². The minimum Gasteiger partial charge on any atom is -0.454 e. The number of ether oxygens (including phenoxy) is 2. The van der Waals surface area contributed by atoms with Crippen LogP contribution in [0.4, 0.5) is 5.69 Å². The van der Waals surface area contributed by atoms with Crippen LogP contribution in [0.2, 0.25) is 0 Å². The van der Waals surface area contributed by atoms with Gasteiger partial charge in [0.1, 0.15) is 5.01 Å². The second-order valence-electron chi connectivity index (χ2n) is 4.28. The molecule has 0 bridgehead atoms. The van der Waals surface area contributed by atoms with Gasteiger partial charge in [-0.05, 0) is 30.3 Å². The van der Waals surface area contributed by atoms with Crippen molar-refractivity contribution < 1.29 is 9.47 Å². The number of aromatic nitrogens is 1. The Labute approximate surface area is 113 Å². The Morgan fingerprint density at radius 2 is 2.00 bits per heavy atom. The molecule has 0 saturated heterocycles. The van der Waals surface area contributed by atoms with E-state index in [9.17, 15) is 0 Å². The molecule has 5 heteroatoms. The predicted octanol–water partition coefficient (Wildman–Crippen LogP) is 3.27. The Hall–Kier alpha value is -2.27. The molecule has 94 valence electrons. The summed E-state index contributed by atoms with van der Waals surface area (Å²) in [5.74, 6) is 1.55. The largest absolute Gasteiger partial charge is 0.454 e. The maximum atomic E-state index is 5.96. The fourth-order valence-corrected chi connectivity index (χ4v) is 3.11. The summed E-state index contributed by atoms with van der Waals surface area (Å²) in [6, 6.07) is 11.6. The van der Waals surface area contributed by atoms with Crippen molar-refractivity contribution in [1.29, 1.82) is 0 Å². The van der Waals surface area contributed by atoms with E-state index in [1.807, 2.05) is 36.4 Å². The first kappa shape index (κ1) is 10.6. The van der Waals surface area contributed by atoms with Gasteiger partial charge in [-0.2, -0.15) is 0 Å². The second kappa shape index (κ2) is 3.86. The molecule has 4 rings (SSSR count). The Morgan fingerprint density at radius 1 is 1.11 bits per heavy atom. The summed E-state index contributed by atoms with van der Waals surface area (Å²) < 4.78 is 11.7. The third kappa shape index (κ3) is 1.62. The predicted molar refractivity (Wildman–Crippen MR) is 75.6 cm³/mol. The number of anilines is 1. The van der Waals surface area contributed by atoms with Crippen LogP contribution < -0.4 is 15.2 Å². The van der Waals surface area contributed by atoms with Gasteiger partial charge in [0.2, 0.25) is 6.79 Å². The highest BCUT2D eigenvalue weighted by atomic mass is 32.1. The van der Waals surface area contributed by atoms with Gasteiger partial charge < -0.3 is 15.2 Å². The monoisotopic (exact) mass is 270 g/mol. The van der Waals surface area contributed by atoms with E-state index in [0.29, 0.717) is 0 Å². The Morgan fingerprint density at radius 3 is 2.89 bits per heavy atom. The van der Waals surface area contributed by atoms with E-state index in [0.717, 1.165) is 38.0 Å². The molecule has 0 fully saturated rings. The molecule has 0 amide bonds. The van der Waals surface area contributed by atoms with Crippen molar-refractivity contribution in [3.05, 3.63) is 36.4 Å². The van der Waals surface area contributed by atoms with Crippen LogP contribution in [0.25, 0.3) is 20.8 Å². The number of rotatable bonds is 1. The van der Waals surface area contributed by atoms with Crippen LogP contribution in [0, 0.1) is 0 Å². The van der Waals surface area contributed by atoms with Crippen molar-refractivity contribution in [2.24, 2.45) is 0 Å². The molecular weight excluding hydrogens is 260 g/mol. The normalized spacial score (nSPS) is 13.1. The average molecular weight is 270 g/mol. The maximum absolute atomic E-state index is 5.96. The summed E-state index contributed by atoms with van der Waals surface area (Å²) in [5.41, 5.74) is 8.68. The van der Waals surface area contributed by atoms with E-state index in [1.54, 1.807) is 11.3 Å². The lowest BCUT2D eigenvalue weighted by molar-refractivity contribution is 0.174. The minimum atomic E-state index is 0.283. The third-order valence-electron chi connectivity index (χ3n) is 3.06. The van der Waals surface area contributed by atoms with Gasteiger partial charge in [0.15, 0.2) is 11.5 Å². The van der Waals surface area contributed by atoms with Crippen molar-refractivity contribution in [3.63, 3.8) is 0 Å². The smallest absolute Gasteiger partial charge is 0.231 e. The molecule has 4 nitrogen and oxygen atoms in total. The summed E-state index contributed by atoms with van der Waals surface area (Å²) in [7, 11) is 0. The quantitative estimate of drug-likeness (QED) is 0.689. The molecule has 2 heterocycles. The Kier molecular flexibility index (Phi) is 2.16. The van der Waals surface area contributed by atoms with Crippen LogP contribution >= 0.6 is 11.3 Å².